The normalized spacial score (nSPS) is 11.3. The van der Waals surface area contributed by atoms with Gasteiger partial charge in [-0.05, 0) is 0 Å². The zero-order chi connectivity index (χ0) is 11.9. The van der Waals surface area contributed by atoms with Crippen LogP contribution in [0.15, 0.2) is 66.7 Å². The summed E-state index contributed by atoms with van der Waals surface area (Å²) in [5.41, 5.74) is 2.43. The first kappa shape index (κ1) is 11.9. The molecule has 2 aromatic carbocycles. The molecule has 0 N–H and O–H groups in total. The van der Waals surface area contributed by atoms with Crippen LogP contribution in [0.3, 0.4) is 0 Å². The van der Waals surface area contributed by atoms with E-state index >= 15 is 0 Å². The Kier molecular flexibility index (Phi) is 4.37. The average molecular weight is 284 g/mol. The van der Waals surface area contributed by atoms with Crippen LogP contribution in [0.1, 0.15) is 11.1 Å². The molecule has 0 fully saturated rings. The molecular weight excluding hydrogens is 271 g/mol. The van der Waals surface area contributed by atoms with Crippen LogP contribution in [-0.2, 0) is 0 Å². The van der Waals surface area contributed by atoms with Crippen LogP contribution in [0.5, 0.6) is 0 Å². The third-order valence-electron chi connectivity index (χ3n) is 2.39. The topological polar surface area (TPSA) is 0 Å². The molecule has 17 heavy (non-hydrogen) atoms. The predicted octanol–water partition coefficient (Wildman–Crippen LogP) is 3.21. The van der Waals surface area contributed by atoms with E-state index in [1.165, 1.54) is 15.6 Å². The third kappa shape index (κ3) is 3.74. The van der Waals surface area contributed by atoms with Gasteiger partial charge in [0, 0.05) is 0 Å². The molecule has 1 radical (unpaired) electrons. The van der Waals surface area contributed by atoms with Crippen LogP contribution in [-0.4, -0.2) is 16.0 Å². The summed E-state index contributed by atoms with van der Waals surface area (Å²) in [5, 5.41) is 0. The van der Waals surface area contributed by atoms with Gasteiger partial charge in [-0.1, -0.05) is 0 Å². The van der Waals surface area contributed by atoms with Crippen LogP contribution in [0, 0.1) is 0 Å². The average Bonchev–Trinajstić information content (AvgIpc) is 2.38. The van der Waals surface area contributed by atoms with E-state index in [0.29, 0.717) is 0 Å². The maximum absolute atomic E-state index is 3.05. The molecule has 0 saturated heterocycles. The standard InChI is InChI=1S/C16H13Se/c17-16-13-7-6-12-15(16)11-5-4-10-14-8-2-1-3-9-14/h1-13H/b10-4+,11-5+. The van der Waals surface area contributed by atoms with E-state index in [4.69, 9.17) is 0 Å². The SMILES string of the molecule is [Se]c1ccccc1/C=C/C=C/c1ccccc1. The molecular formula is C16H13Se. The Morgan fingerprint density at radius 2 is 1.35 bits per heavy atom. The number of rotatable bonds is 3. The molecule has 0 aliphatic heterocycles. The van der Waals surface area contributed by atoms with E-state index in [2.05, 4.69) is 64.6 Å². The molecule has 83 valence electrons. The monoisotopic (exact) mass is 285 g/mol. The van der Waals surface area contributed by atoms with E-state index in [0.717, 1.165) is 0 Å². The zero-order valence-corrected chi connectivity index (χ0v) is 11.1. The van der Waals surface area contributed by atoms with Gasteiger partial charge >= 0.3 is 111 Å². The summed E-state index contributed by atoms with van der Waals surface area (Å²) in [5.74, 6) is 0. The molecule has 0 bridgehead atoms. The van der Waals surface area contributed by atoms with Crippen LogP contribution >= 0.6 is 0 Å². The number of allylic oxidation sites excluding steroid dienone is 2. The fourth-order valence-electron chi connectivity index (χ4n) is 1.51. The van der Waals surface area contributed by atoms with E-state index in [1.807, 2.05) is 30.3 Å². The van der Waals surface area contributed by atoms with Gasteiger partial charge < -0.3 is 0 Å². The molecule has 0 aliphatic rings. The molecule has 0 unspecified atom stereocenters. The molecule has 2 rings (SSSR count). The van der Waals surface area contributed by atoms with Gasteiger partial charge in [0.05, 0.1) is 0 Å². The van der Waals surface area contributed by atoms with Crippen molar-refractivity contribution in [2.75, 3.05) is 0 Å². The molecule has 0 spiro atoms. The summed E-state index contributed by atoms with van der Waals surface area (Å²) in [6, 6.07) is 18.5. The molecule has 0 aliphatic carbocycles. The second-order valence-corrected chi connectivity index (χ2v) is 4.59. The predicted molar refractivity (Wildman–Crippen MR) is 76.3 cm³/mol. The second kappa shape index (κ2) is 6.24. The van der Waals surface area contributed by atoms with Crippen molar-refractivity contribution in [1.82, 2.24) is 0 Å². The first-order valence-electron chi connectivity index (χ1n) is 5.52. The van der Waals surface area contributed by atoms with Gasteiger partial charge in [0.2, 0.25) is 0 Å². The molecule has 1 heteroatoms. The van der Waals surface area contributed by atoms with Gasteiger partial charge in [-0.3, -0.25) is 0 Å². The summed E-state index contributed by atoms with van der Waals surface area (Å²) in [6.07, 6.45) is 8.31. The van der Waals surface area contributed by atoms with E-state index in [-0.39, 0.29) is 0 Å². The van der Waals surface area contributed by atoms with Crippen molar-refractivity contribution < 1.29 is 0 Å². The van der Waals surface area contributed by atoms with Gasteiger partial charge in [0.15, 0.2) is 0 Å². The van der Waals surface area contributed by atoms with Gasteiger partial charge in [0.1, 0.15) is 0 Å². The molecule has 0 atom stereocenters. The first-order chi connectivity index (χ1) is 8.36. The van der Waals surface area contributed by atoms with E-state index in [9.17, 15) is 0 Å². The van der Waals surface area contributed by atoms with Crippen molar-refractivity contribution >= 4 is 32.6 Å². The molecule has 2 aromatic rings. The van der Waals surface area contributed by atoms with Crippen LogP contribution in [0.2, 0.25) is 0 Å². The second-order valence-electron chi connectivity index (χ2n) is 3.67. The number of hydrogen-bond acceptors (Lipinski definition) is 0. The summed E-state index contributed by atoms with van der Waals surface area (Å²) >= 11 is 3.05. The zero-order valence-electron chi connectivity index (χ0n) is 9.41. The summed E-state index contributed by atoms with van der Waals surface area (Å²) in [7, 11) is 0. The number of hydrogen-bond donors (Lipinski definition) is 0. The van der Waals surface area contributed by atoms with Crippen molar-refractivity contribution in [2.24, 2.45) is 0 Å². The molecule has 0 amide bonds. The molecule has 0 saturated carbocycles. The Hall–Kier alpha value is -1.56. The van der Waals surface area contributed by atoms with Crippen LogP contribution in [0.4, 0.5) is 0 Å². The molecule has 0 heterocycles. The Balaban J connectivity index is 2.04. The van der Waals surface area contributed by atoms with Crippen LogP contribution < -0.4 is 4.46 Å². The van der Waals surface area contributed by atoms with Crippen molar-refractivity contribution in [3.8, 4) is 0 Å². The fourth-order valence-corrected chi connectivity index (χ4v) is 1.96. The summed E-state index contributed by atoms with van der Waals surface area (Å²) in [6.45, 7) is 0. The van der Waals surface area contributed by atoms with E-state index < -0.39 is 0 Å². The summed E-state index contributed by atoms with van der Waals surface area (Å²) in [4.78, 5) is 0. The Morgan fingerprint density at radius 3 is 2.12 bits per heavy atom. The minimum absolute atomic E-state index is 1.18. The Labute approximate surface area is 111 Å². The van der Waals surface area contributed by atoms with Gasteiger partial charge in [-0.2, -0.15) is 0 Å². The van der Waals surface area contributed by atoms with Gasteiger partial charge in [0.25, 0.3) is 0 Å². The minimum atomic E-state index is 1.18. The first-order valence-corrected chi connectivity index (χ1v) is 6.38. The summed E-state index contributed by atoms with van der Waals surface area (Å²) < 4.78 is 1.18. The van der Waals surface area contributed by atoms with E-state index in [1.54, 1.807) is 0 Å². The van der Waals surface area contributed by atoms with Gasteiger partial charge in [-0.25, -0.2) is 0 Å². The number of benzene rings is 2. The van der Waals surface area contributed by atoms with Crippen molar-refractivity contribution in [2.45, 2.75) is 0 Å². The maximum atomic E-state index is 3.05. The Bertz CT molecular complexity index is 524. The third-order valence-corrected chi connectivity index (χ3v) is 3.17. The van der Waals surface area contributed by atoms with Crippen LogP contribution in [0.25, 0.3) is 12.2 Å². The van der Waals surface area contributed by atoms with Crippen molar-refractivity contribution in [1.29, 1.82) is 0 Å². The fraction of sp³-hybridized carbons (Fsp3) is 0. The van der Waals surface area contributed by atoms with Gasteiger partial charge in [-0.15, -0.1) is 0 Å². The molecule has 0 nitrogen and oxygen atoms in total. The van der Waals surface area contributed by atoms with Crippen molar-refractivity contribution in [3.63, 3.8) is 0 Å². The Morgan fingerprint density at radius 1 is 0.706 bits per heavy atom. The van der Waals surface area contributed by atoms with Crippen molar-refractivity contribution in [3.05, 3.63) is 77.9 Å². The molecule has 0 aromatic heterocycles. The quantitative estimate of drug-likeness (QED) is 0.600.